The molecular weight excluding hydrogens is 204 g/mol. The molecule has 1 N–H and O–H groups in total. The SMILES string of the molecule is C/C=C/C(=O)N(CCOC)CC1CCCN1. The summed E-state index contributed by atoms with van der Waals surface area (Å²) in [4.78, 5) is 13.6. The minimum absolute atomic E-state index is 0.0771. The number of methoxy groups -OCH3 is 1. The van der Waals surface area contributed by atoms with Gasteiger partial charge in [-0.05, 0) is 32.4 Å². The van der Waals surface area contributed by atoms with Crippen molar-refractivity contribution in [1.29, 1.82) is 0 Å². The second-order valence-electron chi connectivity index (χ2n) is 4.07. The highest BCUT2D eigenvalue weighted by atomic mass is 16.5. The maximum absolute atomic E-state index is 11.8. The number of ether oxygens (including phenoxy) is 1. The monoisotopic (exact) mass is 226 g/mol. The molecule has 92 valence electrons. The summed E-state index contributed by atoms with van der Waals surface area (Å²) in [5.41, 5.74) is 0. The van der Waals surface area contributed by atoms with E-state index < -0.39 is 0 Å². The van der Waals surface area contributed by atoms with Gasteiger partial charge in [0.05, 0.1) is 6.61 Å². The van der Waals surface area contributed by atoms with E-state index in [1.54, 1.807) is 19.3 Å². The zero-order chi connectivity index (χ0) is 11.8. The summed E-state index contributed by atoms with van der Waals surface area (Å²) in [6.45, 7) is 4.97. The van der Waals surface area contributed by atoms with Crippen LogP contribution in [-0.4, -0.2) is 50.2 Å². The normalized spacial score (nSPS) is 20.5. The first kappa shape index (κ1) is 13.2. The minimum Gasteiger partial charge on any atom is -0.383 e. The van der Waals surface area contributed by atoms with Crippen molar-refractivity contribution in [2.45, 2.75) is 25.8 Å². The molecule has 4 nitrogen and oxygen atoms in total. The van der Waals surface area contributed by atoms with Gasteiger partial charge >= 0.3 is 0 Å². The molecule has 16 heavy (non-hydrogen) atoms. The number of nitrogens with zero attached hydrogens (tertiary/aromatic N) is 1. The molecule has 1 aliphatic rings. The molecule has 0 radical (unpaired) electrons. The Kier molecular flexibility index (Phi) is 6.11. The van der Waals surface area contributed by atoms with E-state index in [0.29, 0.717) is 19.2 Å². The Balaban J connectivity index is 2.44. The molecule has 1 unspecified atom stereocenters. The molecule has 0 saturated carbocycles. The fourth-order valence-corrected chi connectivity index (χ4v) is 1.92. The zero-order valence-electron chi connectivity index (χ0n) is 10.2. The number of nitrogens with one attached hydrogen (secondary N) is 1. The summed E-state index contributed by atoms with van der Waals surface area (Å²) in [5.74, 6) is 0.0771. The predicted octanol–water partition coefficient (Wildman–Crippen LogP) is 0.789. The van der Waals surface area contributed by atoms with Gasteiger partial charge in [-0.2, -0.15) is 0 Å². The standard InChI is InChI=1S/C12H22N2O2/c1-3-5-12(15)14(8-9-16-2)10-11-6-4-7-13-11/h3,5,11,13H,4,6-10H2,1-2H3/b5-3+. The van der Waals surface area contributed by atoms with E-state index in [9.17, 15) is 4.79 Å². The lowest BCUT2D eigenvalue weighted by molar-refractivity contribution is -0.127. The van der Waals surface area contributed by atoms with Gasteiger partial charge in [-0.1, -0.05) is 6.08 Å². The molecule has 0 aromatic heterocycles. The fraction of sp³-hybridized carbons (Fsp3) is 0.750. The van der Waals surface area contributed by atoms with Crippen LogP contribution in [0.1, 0.15) is 19.8 Å². The van der Waals surface area contributed by atoms with E-state index in [1.807, 2.05) is 11.8 Å². The quantitative estimate of drug-likeness (QED) is 0.681. The van der Waals surface area contributed by atoms with Crippen molar-refractivity contribution in [3.05, 3.63) is 12.2 Å². The number of amides is 1. The van der Waals surface area contributed by atoms with Crippen LogP contribution in [-0.2, 0) is 9.53 Å². The second kappa shape index (κ2) is 7.41. The number of hydrogen-bond donors (Lipinski definition) is 1. The molecule has 0 aromatic rings. The Bertz CT molecular complexity index is 235. The van der Waals surface area contributed by atoms with Crippen molar-refractivity contribution >= 4 is 5.91 Å². The van der Waals surface area contributed by atoms with Crippen LogP contribution in [0.5, 0.6) is 0 Å². The largest absolute Gasteiger partial charge is 0.383 e. The maximum Gasteiger partial charge on any atom is 0.246 e. The molecule has 0 aromatic carbocycles. The molecule has 0 spiro atoms. The molecule has 4 heteroatoms. The number of rotatable bonds is 6. The van der Waals surface area contributed by atoms with Gasteiger partial charge in [-0.3, -0.25) is 4.79 Å². The average molecular weight is 226 g/mol. The summed E-state index contributed by atoms with van der Waals surface area (Å²) >= 11 is 0. The third-order valence-corrected chi connectivity index (χ3v) is 2.79. The van der Waals surface area contributed by atoms with Crippen LogP contribution in [0.3, 0.4) is 0 Å². The average Bonchev–Trinajstić information content (AvgIpc) is 2.77. The van der Waals surface area contributed by atoms with Crippen molar-refractivity contribution in [1.82, 2.24) is 10.2 Å². The molecule has 1 amide bonds. The van der Waals surface area contributed by atoms with Gasteiger partial charge in [0.25, 0.3) is 0 Å². The summed E-state index contributed by atoms with van der Waals surface area (Å²) in [6.07, 6.45) is 5.77. The molecule has 1 atom stereocenters. The Labute approximate surface area is 97.6 Å². The van der Waals surface area contributed by atoms with E-state index in [0.717, 1.165) is 19.5 Å². The van der Waals surface area contributed by atoms with Gasteiger partial charge in [0.2, 0.25) is 5.91 Å². The van der Waals surface area contributed by atoms with Crippen LogP contribution < -0.4 is 5.32 Å². The third kappa shape index (κ3) is 4.33. The second-order valence-corrected chi connectivity index (χ2v) is 4.07. The summed E-state index contributed by atoms with van der Waals surface area (Å²) < 4.78 is 5.03. The van der Waals surface area contributed by atoms with Gasteiger partial charge in [0.1, 0.15) is 0 Å². The van der Waals surface area contributed by atoms with Crippen LogP contribution in [0.15, 0.2) is 12.2 Å². The Morgan fingerprint density at radius 1 is 1.62 bits per heavy atom. The third-order valence-electron chi connectivity index (χ3n) is 2.79. The number of carbonyl (C=O) groups excluding carboxylic acids is 1. The van der Waals surface area contributed by atoms with E-state index in [-0.39, 0.29) is 5.91 Å². The van der Waals surface area contributed by atoms with Crippen molar-refractivity contribution in [3.8, 4) is 0 Å². The Morgan fingerprint density at radius 2 is 2.44 bits per heavy atom. The number of hydrogen-bond acceptors (Lipinski definition) is 3. The minimum atomic E-state index is 0.0771. The first-order valence-corrected chi connectivity index (χ1v) is 5.92. The smallest absolute Gasteiger partial charge is 0.246 e. The highest BCUT2D eigenvalue weighted by molar-refractivity contribution is 5.87. The Hall–Kier alpha value is -0.870. The van der Waals surface area contributed by atoms with Crippen molar-refractivity contribution in [2.24, 2.45) is 0 Å². The van der Waals surface area contributed by atoms with Gasteiger partial charge < -0.3 is 15.0 Å². The lowest BCUT2D eigenvalue weighted by Gasteiger charge is -2.24. The number of allylic oxidation sites excluding steroid dienone is 1. The molecule has 1 fully saturated rings. The van der Waals surface area contributed by atoms with Crippen LogP contribution in [0.2, 0.25) is 0 Å². The topological polar surface area (TPSA) is 41.6 Å². The maximum atomic E-state index is 11.8. The van der Waals surface area contributed by atoms with Crippen LogP contribution in [0.25, 0.3) is 0 Å². The predicted molar refractivity (Wildman–Crippen MR) is 64.3 cm³/mol. The summed E-state index contributed by atoms with van der Waals surface area (Å²) in [5, 5.41) is 3.40. The highest BCUT2D eigenvalue weighted by Gasteiger charge is 2.19. The lowest BCUT2D eigenvalue weighted by Crippen LogP contribution is -2.42. The van der Waals surface area contributed by atoms with Gasteiger partial charge in [-0.25, -0.2) is 0 Å². The van der Waals surface area contributed by atoms with Crippen molar-refractivity contribution < 1.29 is 9.53 Å². The highest BCUT2D eigenvalue weighted by Crippen LogP contribution is 2.07. The first-order valence-electron chi connectivity index (χ1n) is 5.92. The van der Waals surface area contributed by atoms with Crippen molar-refractivity contribution in [3.63, 3.8) is 0 Å². The molecule has 1 saturated heterocycles. The van der Waals surface area contributed by atoms with Crippen LogP contribution >= 0.6 is 0 Å². The molecule has 0 aliphatic carbocycles. The molecular formula is C12H22N2O2. The van der Waals surface area contributed by atoms with Crippen LogP contribution in [0, 0.1) is 0 Å². The van der Waals surface area contributed by atoms with Gasteiger partial charge in [0, 0.05) is 26.2 Å². The van der Waals surface area contributed by atoms with E-state index in [1.165, 1.54) is 6.42 Å². The molecule has 1 heterocycles. The van der Waals surface area contributed by atoms with Crippen LogP contribution in [0.4, 0.5) is 0 Å². The fourth-order valence-electron chi connectivity index (χ4n) is 1.92. The zero-order valence-corrected chi connectivity index (χ0v) is 10.2. The van der Waals surface area contributed by atoms with Gasteiger partial charge in [0.15, 0.2) is 0 Å². The molecule has 1 aliphatic heterocycles. The summed E-state index contributed by atoms with van der Waals surface area (Å²) in [7, 11) is 1.66. The summed E-state index contributed by atoms with van der Waals surface area (Å²) in [6, 6.07) is 0.450. The van der Waals surface area contributed by atoms with E-state index >= 15 is 0 Å². The molecule has 0 bridgehead atoms. The Morgan fingerprint density at radius 3 is 3.00 bits per heavy atom. The first-order chi connectivity index (χ1) is 7.77. The van der Waals surface area contributed by atoms with Gasteiger partial charge in [-0.15, -0.1) is 0 Å². The van der Waals surface area contributed by atoms with Crippen molar-refractivity contribution in [2.75, 3.05) is 33.4 Å². The number of carbonyl (C=O) groups is 1. The van der Waals surface area contributed by atoms with E-state index in [4.69, 9.17) is 4.74 Å². The lowest BCUT2D eigenvalue weighted by atomic mass is 10.2. The van der Waals surface area contributed by atoms with E-state index in [2.05, 4.69) is 5.32 Å². The molecule has 1 rings (SSSR count).